The van der Waals surface area contributed by atoms with Crippen LogP contribution in [0.25, 0.3) is 5.65 Å². The first kappa shape index (κ1) is 21.8. The molecule has 0 unspecified atom stereocenters. The molecule has 0 radical (unpaired) electrons. The molecule has 0 aliphatic carbocycles. The van der Waals surface area contributed by atoms with E-state index in [1.54, 1.807) is 41.8 Å². The average molecular weight is 437 g/mol. The Labute approximate surface area is 186 Å². The Balaban J connectivity index is 1.73. The Morgan fingerprint density at radius 1 is 1.34 bits per heavy atom. The summed E-state index contributed by atoms with van der Waals surface area (Å²) in [6, 6.07) is 8.48. The lowest BCUT2D eigenvalue weighted by Gasteiger charge is -2.20. The molecule has 0 saturated carbocycles. The second kappa shape index (κ2) is 9.00. The fourth-order valence-corrected chi connectivity index (χ4v) is 4.08. The van der Waals surface area contributed by atoms with Crippen LogP contribution in [-0.2, 0) is 4.74 Å². The molecule has 3 aromatic rings. The molecular weight excluding hydrogens is 408 g/mol. The maximum atomic E-state index is 13.1. The van der Waals surface area contributed by atoms with Crippen molar-refractivity contribution >= 4 is 23.1 Å². The highest BCUT2D eigenvalue weighted by molar-refractivity contribution is 5.94. The van der Waals surface area contributed by atoms with Gasteiger partial charge in [0.25, 0.3) is 5.56 Å². The largest absolute Gasteiger partial charge is 0.478 e. The number of nitrogens with zero attached hydrogens (tertiary/aromatic N) is 2. The summed E-state index contributed by atoms with van der Waals surface area (Å²) in [6.07, 6.45) is 2.78. The van der Waals surface area contributed by atoms with E-state index < -0.39 is 5.97 Å². The van der Waals surface area contributed by atoms with Crippen LogP contribution in [0.2, 0.25) is 0 Å². The van der Waals surface area contributed by atoms with Crippen molar-refractivity contribution in [1.82, 2.24) is 9.38 Å². The average Bonchev–Trinajstić information content (AvgIpc) is 3.29. The van der Waals surface area contributed by atoms with E-state index in [9.17, 15) is 14.7 Å². The molecule has 1 fully saturated rings. The number of para-hydroxylation sites is 1. The topological polar surface area (TPSA) is 105 Å². The summed E-state index contributed by atoms with van der Waals surface area (Å²) in [5.41, 5.74) is 3.43. The first-order chi connectivity index (χ1) is 15.3. The van der Waals surface area contributed by atoms with E-state index >= 15 is 0 Å². The van der Waals surface area contributed by atoms with E-state index in [4.69, 9.17) is 9.72 Å². The van der Waals surface area contributed by atoms with E-state index in [-0.39, 0.29) is 17.2 Å². The molecule has 1 aromatic carbocycles. The summed E-state index contributed by atoms with van der Waals surface area (Å²) in [5, 5.41) is 16.1. The smallest absolute Gasteiger partial charge is 0.337 e. The minimum atomic E-state index is -0.998. The lowest BCUT2D eigenvalue weighted by molar-refractivity contribution is 0.0698. The van der Waals surface area contributed by atoms with Crippen molar-refractivity contribution in [3.8, 4) is 0 Å². The molecule has 32 heavy (non-hydrogen) atoms. The molecule has 168 valence electrons. The minimum absolute atomic E-state index is 0.122. The zero-order valence-electron chi connectivity index (χ0n) is 18.5. The van der Waals surface area contributed by atoms with E-state index in [1.807, 2.05) is 19.9 Å². The van der Waals surface area contributed by atoms with E-state index in [2.05, 4.69) is 10.6 Å². The van der Waals surface area contributed by atoms with Crippen LogP contribution in [0.3, 0.4) is 0 Å². The van der Waals surface area contributed by atoms with Crippen molar-refractivity contribution in [2.45, 2.75) is 33.2 Å². The predicted molar refractivity (Wildman–Crippen MR) is 124 cm³/mol. The number of nitrogens with one attached hydrogen (secondary N) is 2. The van der Waals surface area contributed by atoms with Crippen molar-refractivity contribution in [2.24, 2.45) is 5.92 Å². The first-order valence-electron chi connectivity index (χ1n) is 10.8. The molecule has 4 rings (SSSR count). The number of aromatic carboxylic acids is 1. The number of aryl methyl sites for hydroxylation is 1. The Morgan fingerprint density at radius 2 is 2.12 bits per heavy atom. The second-order valence-electron chi connectivity index (χ2n) is 8.38. The number of ether oxygens (including phenoxy) is 1. The number of fused-ring (bicyclic) bond motifs is 1. The molecule has 3 N–H and O–H groups in total. The van der Waals surface area contributed by atoms with Crippen LogP contribution in [0.1, 0.15) is 46.4 Å². The summed E-state index contributed by atoms with van der Waals surface area (Å²) >= 11 is 0. The highest BCUT2D eigenvalue weighted by atomic mass is 16.5. The van der Waals surface area contributed by atoms with Crippen molar-refractivity contribution in [2.75, 3.05) is 30.4 Å². The molecule has 0 spiro atoms. The Bertz CT molecular complexity index is 1210. The molecule has 3 heterocycles. The van der Waals surface area contributed by atoms with Crippen molar-refractivity contribution in [3.05, 3.63) is 69.1 Å². The molecule has 2 aromatic heterocycles. The zero-order chi connectivity index (χ0) is 22.8. The number of aromatic nitrogens is 2. The van der Waals surface area contributed by atoms with Gasteiger partial charge in [-0.1, -0.05) is 12.1 Å². The number of hydrogen-bond donors (Lipinski definition) is 3. The van der Waals surface area contributed by atoms with E-state index in [0.29, 0.717) is 41.8 Å². The molecule has 8 heteroatoms. The summed E-state index contributed by atoms with van der Waals surface area (Å²) in [5.74, 6) is -0.0212. The summed E-state index contributed by atoms with van der Waals surface area (Å²) in [7, 11) is 0. The third kappa shape index (κ3) is 4.31. The second-order valence-corrected chi connectivity index (χ2v) is 8.38. The van der Waals surface area contributed by atoms with Gasteiger partial charge in [0, 0.05) is 36.5 Å². The van der Waals surface area contributed by atoms with Gasteiger partial charge in [-0.3, -0.25) is 9.20 Å². The Kier molecular flexibility index (Phi) is 6.14. The van der Waals surface area contributed by atoms with E-state index in [0.717, 1.165) is 24.2 Å². The van der Waals surface area contributed by atoms with Crippen molar-refractivity contribution < 1.29 is 14.6 Å². The van der Waals surface area contributed by atoms with Crippen LogP contribution in [0, 0.1) is 19.8 Å². The van der Waals surface area contributed by atoms with Crippen LogP contribution in [0.5, 0.6) is 0 Å². The number of rotatable bonds is 7. The molecule has 1 aliphatic heterocycles. The molecule has 0 bridgehead atoms. The number of carboxylic acids is 1. The number of benzene rings is 1. The fraction of sp³-hybridized carbons (Fsp3) is 0.375. The van der Waals surface area contributed by atoms with Gasteiger partial charge in [-0.15, -0.1) is 0 Å². The summed E-state index contributed by atoms with van der Waals surface area (Å²) in [4.78, 5) is 29.5. The molecule has 0 amide bonds. The highest BCUT2D eigenvalue weighted by Crippen LogP contribution is 2.26. The number of anilines is 2. The number of pyridine rings is 1. The van der Waals surface area contributed by atoms with Gasteiger partial charge in [-0.05, 0) is 51.0 Å². The standard InChI is InChI=1S/C24H28N4O4/c1-14-10-19(16(3)26-20-7-5-4-6-18(20)24(30)31)22-27-21(15(2)23(29)28(22)12-14)25-11-17-8-9-32-13-17/h4-7,10,12,16-17,25-26H,8-9,11,13H2,1-3H3,(H,30,31)/t16-,17+/m1/s1. The lowest BCUT2D eigenvalue weighted by atomic mass is 10.1. The Morgan fingerprint density at radius 3 is 2.84 bits per heavy atom. The third-order valence-electron chi connectivity index (χ3n) is 5.89. The maximum absolute atomic E-state index is 13.1. The monoisotopic (exact) mass is 436 g/mol. The quantitative estimate of drug-likeness (QED) is 0.519. The van der Waals surface area contributed by atoms with Crippen LogP contribution >= 0.6 is 0 Å². The maximum Gasteiger partial charge on any atom is 0.337 e. The predicted octanol–water partition coefficient (Wildman–Crippen LogP) is 3.63. The normalized spacial score (nSPS) is 16.8. The fourth-order valence-electron chi connectivity index (χ4n) is 4.08. The highest BCUT2D eigenvalue weighted by Gasteiger charge is 2.20. The van der Waals surface area contributed by atoms with Gasteiger partial charge >= 0.3 is 5.97 Å². The molecule has 1 aliphatic rings. The first-order valence-corrected chi connectivity index (χ1v) is 10.8. The number of carbonyl (C=O) groups is 1. The minimum Gasteiger partial charge on any atom is -0.478 e. The van der Waals surface area contributed by atoms with Crippen LogP contribution in [0.4, 0.5) is 11.5 Å². The third-order valence-corrected chi connectivity index (χ3v) is 5.89. The molecule has 2 atom stereocenters. The van der Waals surface area contributed by atoms with E-state index in [1.165, 1.54) is 0 Å². The molecular formula is C24H28N4O4. The van der Waals surface area contributed by atoms with Gasteiger partial charge in [0.1, 0.15) is 11.5 Å². The van der Waals surface area contributed by atoms with Gasteiger partial charge in [0.15, 0.2) is 0 Å². The van der Waals surface area contributed by atoms with Gasteiger partial charge in [-0.2, -0.15) is 0 Å². The SMILES string of the molecule is Cc1cc([C@@H](C)Nc2ccccc2C(=O)O)c2nc(NC[C@@H]3CCOC3)c(C)c(=O)n2c1. The van der Waals surface area contributed by atoms with Gasteiger partial charge < -0.3 is 20.5 Å². The van der Waals surface area contributed by atoms with Crippen LogP contribution < -0.4 is 16.2 Å². The number of hydrogen-bond acceptors (Lipinski definition) is 6. The Hall–Kier alpha value is -3.39. The molecule has 8 nitrogen and oxygen atoms in total. The zero-order valence-corrected chi connectivity index (χ0v) is 18.5. The van der Waals surface area contributed by atoms with Gasteiger partial charge in [-0.25, -0.2) is 9.78 Å². The van der Waals surface area contributed by atoms with Crippen molar-refractivity contribution in [3.63, 3.8) is 0 Å². The summed E-state index contributed by atoms with van der Waals surface area (Å²) in [6.45, 7) is 7.82. The van der Waals surface area contributed by atoms with Crippen LogP contribution in [0.15, 0.2) is 41.3 Å². The van der Waals surface area contributed by atoms with Crippen molar-refractivity contribution in [1.29, 1.82) is 0 Å². The molecule has 1 saturated heterocycles. The number of carboxylic acid groups (broad SMARTS) is 1. The van der Waals surface area contributed by atoms with Crippen LogP contribution in [-0.4, -0.2) is 40.2 Å². The van der Waals surface area contributed by atoms with Gasteiger partial charge in [0.2, 0.25) is 0 Å². The lowest BCUT2D eigenvalue weighted by Crippen LogP contribution is -2.24. The summed E-state index contributed by atoms with van der Waals surface area (Å²) < 4.78 is 7.01. The van der Waals surface area contributed by atoms with Gasteiger partial charge in [0.05, 0.1) is 23.8 Å².